The fourth-order valence-corrected chi connectivity index (χ4v) is 4.35. The van der Waals surface area contributed by atoms with Gasteiger partial charge in [-0.25, -0.2) is 0 Å². The predicted molar refractivity (Wildman–Crippen MR) is 107 cm³/mol. The van der Waals surface area contributed by atoms with Gasteiger partial charge in [0.25, 0.3) is 5.91 Å². The number of carbonyl (C=O) groups is 1. The van der Waals surface area contributed by atoms with E-state index < -0.39 is 0 Å². The molecule has 144 valence electrons. The van der Waals surface area contributed by atoms with Crippen LogP contribution in [0.3, 0.4) is 0 Å². The molecule has 1 aromatic carbocycles. The average molecular weight is 367 g/mol. The lowest BCUT2D eigenvalue weighted by Gasteiger charge is -2.29. The van der Waals surface area contributed by atoms with Crippen LogP contribution in [-0.4, -0.2) is 51.7 Å². The van der Waals surface area contributed by atoms with E-state index >= 15 is 0 Å². The van der Waals surface area contributed by atoms with E-state index in [9.17, 15) is 4.79 Å². The van der Waals surface area contributed by atoms with E-state index in [1.165, 1.54) is 11.3 Å². The number of rotatable bonds is 5. The Bertz CT molecular complexity index is 790. The molecule has 0 aliphatic carbocycles. The first-order valence-corrected chi connectivity index (χ1v) is 10.3. The summed E-state index contributed by atoms with van der Waals surface area (Å²) in [6.07, 6.45) is 3.19. The van der Waals surface area contributed by atoms with Gasteiger partial charge in [0.2, 0.25) is 0 Å². The van der Waals surface area contributed by atoms with Crippen molar-refractivity contribution in [2.75, 3.05) is 26.2 Å². The van der Waals surface area contributed by atoms with Gasteiger partial charge < -0.3 is 4.90 Å². The molecule has 1 saturated heterocycles. The number of likely N-dealkylation sites (tertiary alicyclic amines) is 1. The van der Waals surface area contributed by atoms with Gasteiger partial charge in [0.1, 0.15) is 0 Å². The van der Waals surface area contributed by atoms with Gasteiger partial charge >= 0.3 is 0 Å². The highest BCUT2D eigenvalue weighted by Crippen LogP contribution is 2.26. The molecule has 0 unspecified atom stereocenters. The normalized spacial score (nSPS) is 17.5. The largest absolute Gasteiger partial charge is 0.337 e. The van der Waals surface area contributed by atoms with Crippen molar-refractivity contribution in [2.24, 2.45) is 5.92 Å². The van der Waals surface area contributed by atoms with Gasteiger partial charge in [-0.15, -0.1) is 0 Å². The van der Waals surface area contributed by atoms with Crippen molar-refractivity contribution in [3.8, 4) is 0 Å². The molecule has 0 N–H and O–H groups in total. The van der Waals surface area contributed by atoms with Gasteiger partial charge in [-0.05, 0) is 24.3 Å². The minimum atomic E-state index is 0.127. The van der Waals surface area contributed by atoms with E-state index in [4.69, 9.17) is 5.10 Å². The predicted octanol–water partition coefficient (Wildman–Crippen LogP) is 3.18. The van der Waals surface area contributed by atoms with E-state index in [-0.39, 0.29) is 5.91 Å². The third-order valence-corrected chi connectivity index (χ3v) is 5.61. The molecule has 5 nitrogen and oxygen atoms in total. The Kier molecular flexibility index (Phi) is 5.30. The van der Waals surface area contributed by atoms with Crippen LogP contribution in [0.4, 0.5) is 0 Å². The first kappa shape index (κ1) is 18.2. The first-order valence-electron chi connectivity index (χ1n) is 10.3. The second kappa shape index (κ2) is 7.85. The summed E-state index contributed by atoms with van der Waals surface area (Å²) in [6, 6.07) is 10.4. The van der Waals surface area contributed by atoms with Crippen LogP contribution >= 0.6 is 0 Å². The molecule has 0 spiro atoms. The number of carbonyl (C=O) groups excluding carboxylic acids is 1. The van der Waals surface area contributed by atoms with E-state index in [1.54, 1.807) is 0 Å². The molecule has 2 aromatic rings. The molecule has 0 bridgehead atoms. The maximum Gasteiger partial charge on any atom is 0.274 e. The van der Waals surface area contributed by atoms with Gasteiger partial charge in [0.15, 0.2) is 5.69 Å². The average Bonchev–Trinajstić information content (AvgIpc) is 3.30. The summed E-state index contributed by atoms with van der Waals surface area (Å²) in [5, 5.41) is 4.84. The van der Waals surface area contributed by atoms with Gasteiger partial charge in [0, 0.05) is 50.4 Å². The minimum absolute atomic E-state index is 0.127. The molecule has 2 aliphatic rings. The van der Waals surface area contributed by atoms with Gasteiger partial charge in [-0.2, -0.15) is 5.10 Å². The van der Waals surface area contributed by atoms with Crippen LogP contribution in [0.25, 0.3) is 0 Å². The maximum absolute atomic E-state index is 13.1. The molecule has 3 heterocycles. The molecule has 0 atom stereocenters. The quantitative estimate of drug-likeness (QED) is 0.816. The standard InChI is InChI=1S/C22H30N4O/c1-17(2)14-24-13-10-20-19(16-24)21(22(27)25-11-6-7-12-25)23-26(20)15-18-8-4-3-5-9-18/h3-5,8-9,17H,6-7,10-16H2,1-2H3. The molecular formula is C22H30N4O. The monoisotopic (exact) mass is 366 g/mol. The molecule has 27 heavy (non-hydrogen) atoms. The summed E-state index contributed by atoms with van der Waals surface area (Å²) in [7, 11) is 0. The van der Waals surface area contributed by atoms with E-state index in [2.05, 4.69) is 47.7 Å². The third kappa shape index (κ3) is 3.93. The Morgan fingerprint density at radius 2 is 1.85 bits per heavy atom. The van der Waals surface area contributed by atoms with E-state index in [0.717, 1.165) is 64.1 Å². The number of aromatic nitrogens is 2. The maximum atomic E-state index is 13.1. The summed E-state index contributed by atoms with van der Waals surface area (Å²) in [5.41, 5.74) is 4.33. The first-order chi connectivity index (χ1) is 13.1. The van der Waals surface area contributed by atoms with Crippen LogP contribution in [0.15, 0.2) is 30.3 Å². The summed E-state index contributed by atoms with van der Waals surface area (Å²) in [5.74, 6) is 0.755. The zero-order valence-corrected chi connectivity index (χ0v) is 16.5. The van der Waals surface area contributed by atoms with Crippen molar-refractivity contribution in [2.45, 2.75) is 46.2 Å². The summed E-state index contributed by atoms with van der Waals surface area (Å²) in [6.45, 7) is 9.94. The highest BCUT2D eigenvalue weighted by Gasteiger charge is 2.31. The van der Waals surface area contributed by atoms with Crippen molar-refractivity contribution in [3.05, 3.63) is 52.8 Å². The van der Waals surface area contributed by atoms with Crippen molar-refractivity contribution in [1.82, 2.24) is 19.6 Å². The Morgan fingerprint density at radius 1 is 1.11 bits per heavy atom. The van der Waals surface area contributed by atoms with Crippen molar-refractivity contribution >= 4 is 5.91 Å². The highest BCUT2D eigenvalue weighted by atomic mass is 16.2. The van der Waals surface area contributed by atoms with Crippen LogP contribution in [0.2, 0.25) is 0 Å². The fourth-order valence-electron chi connectivity index (χ4n) is 4.35. The number of hydrogen-bond acceptors (Lipinski definition) is 3. The second-order valence-corrected chi connectivity index (χ2v) is 8.30. The van der Waals surface area contributed by atoms with Gasteiger partial charge in [-0.3, -0.25) is 14.4 Å². The topological polar surface area (TPSA) is 41.4 Å². The van der Waals surface area contributed by atoms with Crippen LogP contribution in [0.5, 0.6) is 0 Å². The lowest BCUT2D eigenvalue weighted by atomic mass is 10.0. The smallest absolute Gasteiger partial charge is 0.274 e. The zero-order valence-electron chi connectivity index (χ0n) is 16.5. The number of nitrogens with zero attached hydrogens (tertiary/aromatic N) is 4. The molecule has 2 aliphatic heterocycles. The van der Waals surface area contributed by atoms with Crippen LogP contribution in [-0.2, 0) is 19.5 Å². The minimum Gasteiger partial charge on any atom is -0.337 e. The number of benzene rings is 1. The molecule has 4 rings (SSSR count). The van der Waals surface area contributed by atoms with Gasteiger partial charge in [-0.1, -0.05) is 44.2 Å². The summed E-state index contributed by atoms with van der Waals surface area (Å²) < 4.78 is 2.08. The molecule has 0 saturated carbocycles. The molecule has 1 aromatic heterocycles. The summed E-state index contributed by atoms with van der Waals surface area (Å²) >= 11 is 0. The number of fused-ring (bicyclic) bond motifs is 1. The molecule has 5 heteroatoms. The lowest BCUT2D eigenvalue weighted by Crippen LogP contribution is -2.35. The molecule has 1 fully saturated rings. The second-order valence-electron chi connectivity index (χ2n) is 8.30. The van der Waals surface area contributed by atoms with Crippen molar-refractivity contribution in [1.29, 1.82) is 0 Å². The Morgan fingerprint density at radius 3 is 2.56 bits per heavy atom. The third-order valence-electron chi connectivity index (χ3n) is 5.61. The Hall–Kier alpha value is -2.14. The fraction of sp³-hybridized carbons (Fsp3) is 0.545. The zero-order chi connectivity index (χ0) is 18.8. The highest BCUT2D eigenvalue weighted by molar-refractivity contribution is 5.94. The molecular weight excluding hydrogens is 336 g/mol. The van der Waals surface area contributed by atoms with E-state index in [0.29, 0.717) is 11.6 Å². The Labute approximate surface area is 162 Å². The SMILES string of the molecule is CC(C)CN1CCc2c(c(C(=O)N3CCCC3)nn2Cc2ccccc2)C1. The van der Waals surface area contributed by atoms with Crippen LogP contribution in [0, 0.1) is 5.92 Å². The van der Waals surface area contributed by atoms with Crippen molar-refractivity contribution in [3.63, 3.8) is 0 Å². The van der Waals surface area contributed by atoms with Crippen LogP contribution < -0.4 is 0 Å². The summed E-state index contributed by atoms with van der Waals surface area (Å²) in [4.78, 5) is 17.6. The van der Waals surface area contributed by atoms with Crippen LogP contribution in [0.1, 0.15) is 54.0 Å². The Balaban J connectivity index is 1.66. The lowest BCUT2D eigenvalue weighted by molar-refractivity contribution is 0.0783. The van der Waals surface area contributed by atoms with Crippen molar-refractivity contribution < 1.29 is 4.79 Å². The molecule has 0 radical (unpaired) electrons. The number of amides is 1. The number of hydrogen-bond donors (Lipinski definition) is 0. The van der Waals surface area contributed by atoms with Gasteiger partial charge in [0.05, 0.1) is 6.54 Å². The molecule has 1 amide bonds. The van der Waals surface area contributed by atoms with E-state index in [1.807, 2.05) is 11.0 Å².